The van der Waals surface area contributed by atoms with Crippen molar-refractivity contribution >= 4 is 5.69 Å². The van der Waals surface area contributed by atoms with E-state index in [-0.39, 0.29) is 5.56 Å². The van der Waals surface area contributed by atoms with E-state index in [0.29, 0.717) is 5.69 Å². The molecule has 0 atom stereocenters. The van der Waals surface area contributed by atoms with E-state index in [1.807, 2.05) is 13.0 Å². The Hall–Kier alpha value is -1.12. The second-order valence-corrected chi connectivity index (χ2v) is 3.26. The summed E-state index contributed by atoms with van der Waals surface area (Å²) in [5, 5.41) is 0. The molecule has 0 saturated carbocycles. The number of anilines is 1. The number of halogens is 2. The van der Waals surface area contributed by atoms with Crippen LogP contribution in [-0.2, 0) is 0 Å². The molecule has 0 bridgehead atoms. The molecule has 0 radical (unpaired) electrons. The van der Waals surface area contributed by atoms with Gasteiger partial charge in [-0.3, -0.25) is 0 Å². The molecule has 3 heteroatoms. The molecular formula is C10H13F2N. The fraction of sp³-hybridized carbons (Fsp3) is 0.400. The third-order valence-corrected chi connectivity index (χ3v) is 1.90. The summed E-state index contributed by atoms with van der Waals surface area (Å²) < 4.78 is 25.1. The molecule has 0 saturated heterocycles. The summed E-state index contributed by atoms with van der Waals surface area (Å²) in [7, 11) is 3.52. The quantitative estimate of drug-likeness (QED) is 0.684. The Morgan fingerprint density at radius 2 is 1.85 bits per heavy atom. The highest BCUT2D eigenvalue weighted by Gasteiger charge is 2.13. The van der Waals surface area contributed by atoms with Gasteiger partial charge >= 0.3 is 0 Å². The largest absolute Gasteiger partial charge is 0.377 e. The van der Waals surface area contributed by atoms with Crippen molar-refractivity contribution in [3.05, 3.63) is 29.3 Å². The zero-order valence-corrected chi connectivity index (χ0v) is 8.01. The Labute approximate surface area is 77.0 Å². The van der Waals surface area contributed by atoms with Crippen molar-refractivity contribution in [3.8, 4) is 0 Å². The zero-order chi connectivity index (χ0) is 10.0. The predicted octanol–water partition coefficient (Wildman–Crippen LogP) is 3.00. The van der Waals surface area contributed by atoms with E-state index in [4.69, 9.17) is 0 Å². The number of alkyl halides is 2. The summed E-state index contributed by atoms with van der Waals surface area (Å²) >= 11 is 0. The van der Waals surface area contributed by atoms with Crippen molar-refractivity contribution < 1.29 is 8.78 Å². The molecule has 1 aromatic carbocycles. The molecule has 0 aliphatic carbocycles. The average Bonchev–Trinajstić information content (AvgIpc) is 2.03. The van der Waals surface area contributed by atoms with Gasteiger partial charge in [-0.15, -0.1) is 0 Å². The van der Waals surface area contributed by atoms with Crippen LogP contribution in [0.5, 0.6) is 0 Å². The highest BCUT2D eigenvalue weighted by molar-refractivity contribution is 5.54. The first-order chi connectivity index (χ1) is 6.02. The van der Waals surface area contributed by atoms with Crippen LogP contribution in [0.3, 0.4) is 0 Å². The van der Waals surface area contributed by atoms with Gasteiger partial charge < -0.3 is 4.90 Å². The minimum Gasteiger partial charge on any atom is -0.377 e. The van der Waals surface area contributed by atoms with Crippen molar-refractivity contribution in [3.63, 3.8) is 0 Å². The Morgan fingerprint density at radius 3 is 2.31 bits per heavy atom. The average molecular weight is 185 g/mol. The standard InChI is InChI=1S/C10H13F2N/c1-7-4-5-9(13(2)3)8(6-7)10(11)12/h4-6,10H,1-3H3. The smallest absolute Gasteiger partial charge is 0.265 e. The van der Waals surface area contributed by atoms with E-state index in [1.54, 1.807) is 25.1 Å². The van der Waals surface area contributed by atoms with Gasteiger partial charge in [0.1, 0.15) is 0 Å². The zero-order valence-electron chi connectivity index (χ0n) is 8.01. The lowest BCUT2D eigenvalue weighted by Gasteiger charge is -2.17. The van der Waals surface area contributed by atoms with Gasteiger partial charge in [0.15, 0.2) is 0 Å². The molecule has 0 aromatic heterocycles. The Bertz CT molecular complexity index is 295. The lowest BCUT2D eigenvalue weighted by molar-refractivity contribution is 0.152. The van der Waals surface area contributed by atoms with Gasteiger partial charge in [-0.05, 0) is 19.1 Å². The summed E-state index contributed by atoms with van der Waals surface area (Å²) in [5.41, 5.74) is 1.55. The van der Waals surface area contributed by atoms with Crippen molar-refractivity contribution in [1.29, 1.82) is 0 Å². The topological polar surface area (TPSA) is 3.24 Å². The highest BCUT2D eigenvalue weighted by atomic mass is 19.3. The molecule has 0 amide bonds. The number of aryl methyl sites for hydroxylation is 1. The SMILES string of the molecule is Cc1ccc(N(C)C)c(C(F)F)c1. The maximum absolute atomic E-state index is 12.5. The third-order valence-electron chi connectivity index (χ3n) is 1.90. The molecule has 0 aliphatic rings. The summed E-state index contributed by atoms with van der Waals surface area (Å²) in [4.78, 5) is 1.70. The fourth-order valence-corrected chi connectivity index (χ4v) is 1.26. The lowest BCUT2D eigenvalue weighted by atomic mass is 10.1. The van der Waals surface area contributed by atoms with Crippen molar-refractivity contribution in [2.24, 2.45) is 0 Å². The maximum atomic E-state index is 12.5. The normalized spacial score (nSPS) is 10.6. The van der Waals surface area contributed by atoms with E-state index in [9.17, 15) is 8.78 Å². The molecule has 1 rings (SSSR count). The number of hydrogen-bond donors (Lipinski definition) is 0. The number of hydrogen-bond acceptors (Lipinski definition) is 1. The number of nitrogens with zero attached hydrogens (tertiary/aromatic N) is 1. The highest BCUT2D eigenvalue weighted by Crippen LogP contribution is 2.29. The van der Waals surface area contributed by atoms with Gasteiger partial charge in [-0.2, -0.15) is 0 Å². The minimum atomic E-state index is -2.41. The van der Waals surface area contributed by atoms with Gasteiger partial charge in [-0.1, -0.05) is 11.6 Å². The molecule has 1 nitrogen and oxygen atoms in total. The second-order valence-electron chi connectivity index (χ2n) is 3.26. The van der Waals surface area contributed by atoms with Crippen LogP contribution in [0, 0.1) is 6.92 Å². The van der Waals surface area contributed by atoms with Crippen LogP contribution in [0.15, 0.2) is 18.2 Å². The van der Waals surface area contributed by atoms with E-state index >= 15 is 0 Å². The van der Waals surface area contributed by atoms with E-state index < -0.39 is 6.43 Å². The molecule has 0 unspecified atom stereocenters. The van der Waals surface area contributed by atoms with Gasteiger partial charge in [0.2, 0.25) is 0 Å². The van der Waals surface area contributed by atoms with Crippen LogP contribution in [-0.4, -0.2) is 14.1 Å². The first kappa shape index (κ1) is 9.96. The molecule has 72 valence electrons. The van der Waals surface area contributed by atoms with Crippen LogP contribution >= 0.6 is 0 Å². The molecule has 1 aromatic rings. The Morgan fingerprint density at radius 1 is 1.23 bits per heavy atom. The summed E-state index contributed by atoms with van der Waals surface area (Å²) in [5.74, 6) is 0. The molecule has 0 fully saturated rings. The first-order valence-electron chi connectivity index (χ1n) is 4.08. The van der Waals surface area contributed by atoms with Crippen molar-refractivity contribution in [2.75, 3.05) is 19.0 Å². The van der Waals surface area contributed by atoms with E-state index in [0.717, 1.165) is 5.56 Å². The fourth-order valence-electron chi connectivity index (χ4n) is 1.26. The number of rotatable bonds is 2. The molecule has 0 aliphatic heterocycles. The van der Waals surface area contributed by atoms with Crippen LogP contribution in [0.4, 0.5) is 14.5 Å². The molecule has 0 heterocycles. The van der Waals surface area contributed by atoms with Gasteiger partial charge in [-0.25, -0.2) is 8.78 Å². The summed E-state index contributed by atoms with van der Waals surface area (Å²) in [6, 6.07) is 5.08. The maximum Gasteiger partial charge on any atom is 0.265 e. The van der Waals surface area contributed by atoms with Crippen LogP contribution in [0.1, 0.15) is 17.6 Å². The van der Waals surface area contributed by atoms with Gasteiger partial charge in [0.25, 0.3) is 6.43 Å². The van der Waals surface area contributed by atoms with Crippen LogP contribution in [0.25, 0.3) is 0 Å². The molecule has 0 spiro atoms. The Balaban J connectivity index is 3.19. The van der Waals surface area contributed by atoms with Crippen LogP contribution in [0.2, 0.25) is 0 Å². The summed E-state index contributed by atoms with van der Waals surface area (Å²) in [6.45, 7) is 1.81. The monoisotopic (exact) mass is 185 g/mol. The predicted molar refractivity (Wildman–Crippen MR) is 50.5 cm³/mol. The van der Waals surface area contributed by atoms with Crippen LogP contribution < -0.4 is 4.90 Å². The third kappa shape index (κ3) is 2.17. The van der Waals surface area contributed by atoms with E-state index in [1.165, 1.54) is 6.07 Å². The number of benzene rings is 1. The molecular weight excluding hydrogens is 172 g/mol. The van der Waals surface area contributed by atoms with Crippen molar-refractivity contribution in [2.45, 2.75) is 13.3 Å². The second kappa shape index (κ2) is 3.73. The first-order valence-corrected chi connectivity index (χ1v) is 4.08. The molecule has 0 N–H and O–H groups in total. The molecule has 13 heavy (non-hydrogen) atoms. The van der Waals surface area contributed by atoms with E-state index in [2.05, 4.69) is 0 Å². The summed E-state index contributed by atoms with van der Waals surface area (Å²) in [6.07, 6.45) is -2.41. The van der Waals surface area contributed by atoms with Gasteiger partial charge in [0.05, 0.1) is 0 Å². The Kier molecular flexibility index (Phi) is 2.86. The van der Waals surface area contributed by atoms with Crippen molar-refractivity contribution in [1.82, 2.24) is 0 Å². The minimum absolute atomic E-state index is 0.102. The van der Waals surface area contributed by atoms with Gasteiger partial charge in [0, 0.05) is 25.3 Å². The lowest BCUT2D eigenvalue weighted by Crippen LogP contribution is -2.11.